The van der Waals surface area contributed by atoms with Gasteiger partial charge in [-0.25, -0.2) is 0 Å². The van der Waals surface area contributed by atoms with E-state index in [9.17, 15) is 0 Å². The van der Waals surface area contributed by atoms with E-state index in [1.807, 2.05) is 24.3 Å². The molecule has 0 aliphatic heterocycles. The molecule has 2 aromatic rings. The van der Waals surface area contributed by atoms with Gasteiger partial charge in [-0.05, 0) is 38.0 Å². The van der Waals surface area contributed by atoms with Crippen LogP contribution in [0.4, 0.5) is 0 Å². The van der Waals surface area contributed by atoms with Gasteiger partial charge in [-0.1, -0.05) is 47.7 Å². The molecule has 0 saturated heterocycles. The number of benzene rings is 2. The Morgan fingerprint density at radius 1 is 1.05 bits per heavy atom. The summed E-state index contributed by atoms with van der Waals surface area (Å²) < 4.78 is 6.03. The molecule has 2 nitrogen and oxygen atoms in total. The van der Waals surface area contributed by atoms with Crippen LogP contribution in [0.1, 0.15) is 27.8 Å². The molecule has 2 rings (SSSR count). The fourth-order valence-electron chi connectivity index (χ4n) is 2.46. The first-order chi connectivity index (χ1) is 10.1. The normalized spacial score (nSPS) is 9.90. The van der Waals surface area contributed by atoms with Crippen LogP contribution in [0.2, 0.25) is 0 Å². The molecule has 0 atom stereocenters. The number of hydrogen-bond donors (Lipinski definition) is 1. The van der Waals surface area contributed by atoms with Crippen LogP contribution >= 0.6 is 0 Å². The molecule has 2 N–H and O–H groups in total. The Balaban J connectivity index is 2.21. The lowest BCUT2D eigenvalue weighted by Crippen LogP contribution is -2.01. The van der Waals surface area contributed by atoms with Gasteiger partial charge >= 0.3 is 0 Å². The van der Waals surface area contributed by atoms with Crippen LogP contribution in [0.15, 0.2) is 36.4 Å². The largest absolute Gasteiger partial charge is 0.488 e. The Morgan fingerprint density at radius 3 is 2.38 bits per heavy atom. The number of nitrogens with two attached hydrogens (primary N) is 1. The minimum absolute atomic E-state index is 0.366. The quantitative estimate of drug-likeness (QED) is 0.873. The maximum absolute atomic E-state index is 6.03. The van der Waals surface area contributed by atoms with Crippen LogP contribution in [-0.4, -0.2) is 6.54 Å². The fourth-order valence-corrected chi connectivity index (χ4v) is 2.46. The second-order valence-corrected chi connectivity index (χ2v) is 5.18. The third kappa shape index (κ3) is 3.87. The highest BCUT2D eigenvalue weighted by Crippen LogP contribution is 2.25. The van der Waals surface area contributed by atoms with Crippen LogP contribution in [-0.2, 0) is 6.61 Å². The summed E-state index contributed by atoms with van der Waals surface area (Å²) in [4.78, 5) is 0. The number of ether oxygens (including phenoxy) is 1. The minimum atomic E-state index is 0.366. The van der Waals surface area contributed by atoms with Crippen molar-refractivity contribution in [2.24, 2.45) is 5.73 Å². The molecule has 0 unspecified atom stereocenters. The van der Waals surface area contributed by atoms with E-state index >= 15 is 0 Å². The van der Waals surface area contributed by atoms with Gasteiger partial charge in [0, 0.05) is 11.1 Å². The van der Waals surface area contributed by atoms with Crippen molar-refractivity contribution in [1.82, 2.24) is 0 Å². The molecule has 0 heterocycles. The summed E-state index contributed by atoms with van der Waals surface area (Å²) in [6, 6.07) is 12.3. The van der Waals surface area contributed by atoms with E-state index in [1.165, 1.54) is 5.56 Å². The first-order valence-corrected chi connectivity index (χ1v) is 7.09. The molecule has 0 saturated carbocycles. The van der Waals surface area contributed by atoms with Gasteiger partial charge in [-0.2, -0.15) is 0 Å². The summed E-state index contributed by atoms with van der Waals surface area (Å²) in [5.41, 5.74) is 11.1. The molecule has 0 fully saturated rings. The topological polar surface area (TPSA) is 35.2 Å². The number of rotatable bonds is 3. The average molecular weight is 279 g/mol. The van der Waals surface area contributed by atoms with E-state index in [1.54, 1.807) is 0 Å². The van der Waals surface area contributed by atoms with Crippen LogP contribution in [0.5, 0.6) is 5.75 Å². The molecule has 21 heavy (non-hydrogen) atoms. The van der Waals surface area contributed by atoms with E-state index in [0.717, 1.165) is 28.0 Å². The van der Waals surface area contributed by atoms with Crippen molar-refractivity contribution in [2.75, 3.05) is 6.54 Å². The summed E-state index contributed by atoms with van der Waals surface area (Å²) in [5.74, 6) is 6.95. The SMILES string of the molecule is Cc1cc(C)c(OCc2ccccc2C#CCN)c(C)c1. The van der Waals surface area contributed by atoms with Gasteiger partial charge in [0.05, 0.1) is 6.54 Å². The molecule has 108 valence electrons. The standard InChI is InChI=1S/C19H21NO/c1-14-11-15(2)19(16(3)12-14)21-13-18-8-5-4-7-17(18)9-6-10-20/h4-5,7-8,11-12H,10,13,20H2,1-3H3. The Morgan fingerprint density at radius 2 is 1.71 bits per heavy atom. The van der Waals surface area contributed by atoms with Gasteiger partial charge in [0.15, 0.2) is 0 Å². The maximum atomic E-state index is 6.03. The minimum Gasteiger partial charge on any atom is -0.488 e. The molecule has 0 spiro atoms. The van der Waals surface area contributed by atoms with Crippen molar-refractivity contribution in [3.05, 3.63) is 64.2 Å². The summed E-state index contributed by atoms with van der Waals surface area (Å²) in [6.45, 7) is 7.14. The molecular formula is C19H21NO. The highest BCUT2D eigenvalue weighted by molar-refractivity contribution is 5.44. The van der Waals surface area contributed by atoms with Crippen LogP contribution in [0.3, 0.4) is 0 Å². The zero-order chi connectivity index (χ0) is 15.2. The average Bonchev–Trinajstić information content (AvgIpc) is 2.45. The highest BCUT2D eigenvalue weighted by Gasteiger charge is 2.06. The van der Waals surface area contributed by atoms with E-state index < -0.39 is 0 Å². The number of aryl methyl sites for hydroxylation is 3. The summed E-state index contributed by atoms with van der Waals surface area (Å²) in [5, 5.41) is 0. The van der Waals surface area contributed by atoms with E-state index in [-0.39, 0.29) is 0 Å². The zero-order valence-electron chi connectivity index (χ0n) is 12.9. The van der Waals surface area contributed by atoms with E-state index in [2.05, 4.69) is 44.7 Å². The van der Waals surface area contributed by atoms with Gasteiger partial charge < -0.3 is 10.5 Å². The molecule has 0 aromatic heterocycles. The van der Waals surface area contributed by atoms with Gasteiger partial charge in [-0.3, -0.25) is 0 Å². The predicted molar refractivity (Wildman–Crippen MR) is 87.4 cm³/mol. The van der Waals surface area contributed by atoms with Crippen LogP contribution in [0.25, 0.3) is 0 Å². The second-order valence-electron chi connectivity index (χ2n) is 5.18. The highest BCUT2D eigenvalue weighted by atomic mass is 16.5. The first-order valence-electron chi connectivity index (χ1n) is 7.09. The molecule has 0 radical (unpaired) electrons. The maximum Gasteiger partial charge on any atom is 0.125 e. The third-order valence-corrected chi connectivity index (χ3v) is 3.32. The van der Waals surface area contributed by atoms with E-state index in [0.29, 0.717) is 13.2 Å². The Kier molecular flexibility index (Phi) is 5.03. The molecule has 0 amide bonds. The van der Waals surface area contributed by atoms with E-state index in [4.69, 9.17) is 10.5 Å². The fraction of sp³-hybridized carbons (Fsp3) is 0.263. The van der Waals surface area contributed by atoms with Crippen molar-refractivity contribution < 1.29 is 4.74 Å². The molecular weight excluding hydrogens is 258 g/mol. The smallest absolute Gasteiger partial charge is 0.125 e. The molecule has 0 bridgehead atoms. The predicted octanol–water partition coefficient (Wildman–Crippen LogP) is 3.50. The zero-order valence-corrected chi connectivity index (χ0v) is 12.9. The Bertz CT molecular complexity index is 669. The second kappa shape index (κ2) is 6.97. The summed E-state index contributed by atoms with van der Waals surface area (Å²) in [7, 11) is 0. The lowest BCUT2D eigenvalue weighted by Gasteiger charge is -2.14. The lowest BCUT2D eigenvalue weighted by molar-refractivity contribution is 0.301. The monoisotopic (exact) mass is 279 g/mol. The summed E-state index contributed by atoms with van der Waals surface area (Å²) in [6.07, 6.45) is 0. The molecule has 2 heteroatoms. The number of hydrogen-bond acceptors (Lipinski definition) is 2. The van der Waals surface area contributed by atoms with Crippen LogP contribution in [0, 0.1) is 32.6 Å². The van der Waals surface area contributed by atoms with Gasteiger partial charge in [0.2, 0.25) is 0 Å². The lowest BCUT2D eigenvalue weighted by atomic mass is 10.1. The van der Waals surface area contributed by atoms with Crippen molar-refractivity contribution in [3.63, 3.8) is 0 Å². The molecule has 0 aliphatic carbocycles. The van der Waals surface area contributed by atoms with Crippen molar-refractivity contribution in [2.45, 2.75) is 27.4 Å². The Hall–Kier alpha value is -2.24. The summed E-state index contributed by atoms with van der Waals surface area (Å²) >= 11 is 0. The molecule has 0 aliphatic rings. The third-order valence-electron chi connectivity index (χ3n) is 3.32. The van der Waals surface area contributed by atoms with Crippen LogP contribution < -0.4 is 10.5 Å². The van der Waals surface area contributed by atoms with Crippen molar-refractivity contribution >= 4 is 0 Å². The first kappa shape index (κ1) is 15.2. The van der Waals surface area contributed by atoms with Gasteiger partial charge in [0.25, 0.3) is 0 Å². The van der Waals surface area contributed by atoms with Crippen molar-refractivity contribution in [1.29, 1.82) is 0 Å². The van der Waals surface area contributed by atoms with Gasteiger partial charge in [-0.15, -0.1) is 0 Å². The molecule has 2 aromatic carbocycles. The van der Waals surface area contributed by atoms with Gasteiger partial charge in [0.1, 0.15) is 12.4 Å². The Labute approximate surface area is 126 Å². The van der Waals surface area contributed by atoms with Crippen molar-refractivity contribution in [3.8, 4) is 17.6 Å².